The third-order valence-electron chi connectivity index (χ3n) is 5.56. The number of rotatable bonds is 2. The lowest BCUT2D eigenvalue weighted by molar-refractivity contribution is -0.130. The maximum Gasteiger partial charge on any atom is 0.227 e. The van der Waals surface area contributed by atoms with E-state index in [4.69, 9.17) is 4.42 Å². The number of nitrogens with zero attached hydrogens (tertiary/aromatic N) is 1. The Labute approximate surface area is 136 Å². The van der Waals surface area contributed by atoms with Gasteiger partial charge in [0.05, 0.1) is 12.7 Å². The summed E-state index contributed by atoms with van der Waals surface area (Å²) >= 11 is 0. The molecule has 4 nitrogen and oxygen atoms in total. The number of aryl methyl sites for hydroxylation is 2. The molecule has 2 fully saturated rings. The van der Waals surface area contributed by atoms with E-state index in [1.54, 1.807) is 6.26 Å². The third kappa shape index (κ3) is 2.65. The van der Waals surface area contributed by atoms with Crippen LogP contribution in [0.4, 0.5) is 0 Å². The Morgan fingerprint density at radius 3 is 2.96 bits per heavy atom. The average molecular weight is 312 g/mol. The molecule has 3 heterocycles. The van der Waals surface area contributed by atoms with Crippen LogP contribution in [0.3, 0.4) is 0 Å². The maximum atomic E-state index is 12.7. The van der Waals surface area contributed by atoms with Crippen LogP contribution in [-0.4, -0.2) is 36.0 Å². The SMILES string of the molecule is Cc1ccc2c(CC(=O)N3CCC4CCC(C3)N4)coc2c1C. The van der Waals surface area contributed by atoms with Gasteiger partial charge in [0, 0.05) is 36.1 Å². The zero-order chi connectivity index (χ0) is 16.0. The molecule has 1 aromatic heterocycles. The highest BCUT2D eigenvalue weighted by atomic mass is 16.3. The van der Waals surface area contributed by atoms with Crippen molar-refractivity contribution in [3.63, 3.8) is 0 Å². The summed E-state index contributed by atoms with van der Waals surface area (Å²) in [5, 5.41) is 4.71. The number of hydrogen-bond acceptors (Lipinski definition) is 3. The van der Waals surface area contributed by atoms with Gasteiger partial charge in [-0.15, -0.1) is 0 Å². The van der Waals surface area contributed by atoms with E-state index in [9.17, 15) is 4.79 Å². The summed E-state index contributed by atoms with van der Waals surface area (Å²) in [6, 6.07) is 5.28. The molecule has 2 aliphatic heterocycles. The molecule has 2 unspecified atom stereocenters. The topological polar surface area (TPSA) is 45.5 Å². The Morgan fingerprint density at radius 1 is 1.26 bits per heavy atom. The summed E-state index contributed by atoms with van der Waals surface area (Å²) in [6.45, 7) is 5.88. The molecule has 2 atom stereocenters. The zero-order valence-corrected chi connectivity index (χ0v) is 13.9. The van der Waals surface area contributed by atoms with Gasteiger partial charge in [0.1, 0.15) is 5.58 Å². The minimum absolute atomic E-state index is 0.222. The molecule has 1 aromatic carbocycles. The van der Waals surface area contributed by atoms with Crippen molar-refractivity contribution in [2.75, 3.05) is 13.1 Å². The summed E-state index contributed by atoms with van der Waals surface area (Å²) in [5.41, 5.74) is 4.32. The fraction of sp³-hybridized carbons (Fsp3) is 0.526. The second kappa shape index (κ2) is 5.68. The lowest BCUT2D eigenvalue weighted by Crippen LogP contribution is -2.39. The fourth-order valence-electron chi connectivity index (χ4n) is 3.97. The van der Waals surface area contributed by atoms with Gasteiger partial charge in [0.2, 0.25) is 5.91 Å². The Kier molecular flexibility index (Phi) is 3.64. The van der Waals surface area contributed by atoms with Gasteiger partial charge in [0.25, 0.3) is 0 Å². The van der Waals surface area contributed by atoms with Crippen molar-refractivity contribution < 1.29 is 9.21 Å². The summed E-state index contributed by atoms with van der Waals surface area (Å²) in [6.07, 6.45) is 5.73. The first-order valence-electron chi connectivity index (χ1n) is 8.62. The van der Waals surface area contributed by atoms with Crippen molar-refractivity contribution in [1.82, 2.24) is 10.2 Å². The van der Waals surface area contributed by atoms with Gasteiger partial charge in [-0.05, 0) is 44.2 Å². The van der Waals surface area contributed by atoms with Gasteiger partial charge in [-0.3, -0.25) is 4.79 Å². The zero-order valence-electron chi connectivity index (χ0n) is 13.9. The van der Waals surface area contributed by atoms with Crippen LogP contribution in [0.15, 0.2) is 22.8 Å². The van der Waals surface area contributed by atoms with Gasteiger partial charge in [-0.1, -0.05) is 12.1 Å². The first-order valence-corrected chi connectivity index (χ1v) is 8.62. The number of fused-ring (bicyclic) bond motifs is 3. The van der Waals surface area contributed by atoms with Crippen molar-refractivity contribution in [1.29, 1.82) is 0 Å². The van der Waals surface area contributed by atoms with Crippen molar-refractivity contribution in [2.45, 2.75) is 51.6 Å². The van der Waals surface area contributed by atoms with Crippen molar-refractivity contribution in [3.8, 4) is 0 Å². The monoisotopic (exact) mass is 312 g/mol. The van der Waals surface area contributed by atoms with Crippen LogP contribution in [0, 0.1) is 13.8 Å². The molecule has 0 aliphatic carbocycles. The molecule has 0 spiro atoms. The first-order chi connectivity index (χ1) is 11.1. The maximum absolute atomic E-state index is 12.7. The highest BCUT2D eigenvalue weighted by molar-refractivity contribution is 5.89. The molecular weight excluding hydrogens is 288 g/mol. The standard InChI is InChI=1S/C19H24N2O2/c1-12-3-6-17-14(11-23-19(17)13(12)2)9-18(22)21-8-7-15-4-5-16(10-21)20-15/h3,6,11,15-16,20H,4-5,7-10H2,1-2H3. The van der Waals surface area contributed by atoms with Crippen LogP contribution in [-0.2, 0) is 11.2 Å². The number of hydrogen-bond donors (Lipinski definition) is 1. The Balaban J connectivity index is 1.53. The number of nitrogens with one attached hydrogen (secondary N) is 1. The van der Waals surface area contributed by atoms with Gasteiger partial charge in [-0.2, -0.15) is 0 Å². The predicted octanol–water partition coefficient (Wildman–Crippen LogP) is 2.95. The number of amides is 1. The summed E-state index contributed by atoms with van der Waals surface area (Å²) < 4.78 is 5.74. The van der Waals surface area contributed by atoms with E-state index in [-0.39, 0.29) is 5.91 Å². The number of benzene rings is 1. The van der Waals surface area contributed by atoms with E-state index < -0.39 is 0 Å². The van der Waals surface area contributed by atoms with Crippen LogP contribution in [0.25, 0.3) is 11.0 Å². The van der Waals surface area contributed by atoms with E-state index in [1.165, 1.54) is 18.4 Å². The van der Waals surface area contributed by atoms with Crippen LogP contribution in [0.5, 0.6) is 0 Å². The molecule has 1 N–H and O–H groups in total. The number of carbonyl (C=O) groups is 1. The molecule has 4 rings (SSSR count). The minimum atomic E-state index is 0.222. The highest BCUT2D eigenvalue weighted by Crippen LogP contribution is 2.27. The molecule has 4 heteroatoms. The van der Waals surface area contributed by atoms with Gasteiger partial charge >= 0.3 is 0 Å². The quantitative estimate of drug-likeness (QED) is 0.927. The molecular formula is C19H24N2O2. The van der Waals surface area contributed by atoms with Gasteiger partial charge in [-0.25, -0.2) is 0 Å². The Bertz CT molecular complexity index is 749. The molecule has 0 saturated carbocycles. The lowest BCUT2D eigenvalue weighted by atomic mass is 10.0. The second-order valence-corrected chi connectivity index (χ2v) is 7.09. The van der Waals surface area contributed by atoms with Crippen molar-refractivity contribution in [3.05, 3.63) is 35.1 Å². The molecule has 2 aromatic rings. The molecule has 1 amide bonds. The van der Waals surface area contributed by atoms with Crippen LogP contribution in [0.2, 0.25) is 0 Å². The smallest absolute Gasteiger partial charge is 0.227 e. The van der Waals surface area contributed by atoms with Crippen LogP contribution in [0.1, 0.15) is 36.0 Å². The van der Waals surface area contributed by atoms with Gasteiger partial charge in [0.15, 0.2) is 0 Å². The van der Waals surface area contributed by atoms with E-state index in [1.807, 2.05) is 4.90 Å². The largest absolute Gasteiger partial charge is 0.464 e. The third-order valence-corrected chi connectivity index (χ3v) is 5.56. The highest BCUT2D eigenvalue weighted by Gasteiger charge is 2.31. The summed E-state index contributed by atoms with van der Waals surface area (Å²) in [7, 11) is 0. The van der Waals surface area contributed by atoms with Crippen molar-refractivity contribution >= 4 is 16.9 Å². The second-order valence-electron chi connectivity index (χ2n) is 7.09. The fourth-order valence-corrected chi connectivity index (χ4v) is 3.97. The molecule has 2 bridgehead atoms. The number of carbonyl (C=O) groups excluding carboxylic acids is 1. The van der Waals surface area contributed by atoms with Crippen LogP contribution < -0.4 is 5.32 Å². The van der Waals surface area contributed by atoms with Crippen molar-refractivity contribution in [2.24, 2.45) is 0 Å². The molecule has 2 aliphatic rings. The number of likely N-dealkylation sites (tertiary alicyclic amines) is 1. The Morgan fingerprint density at radius 2 is 2.09 bits per heavy atom. The van der Waals surface area contributed by atoms with E-state index >= 15 is 0 Å². The van der Waals surface area contributed by atoms with E-state index in [0.717, 1.165) is 41.6 Å². The molecule has 122 valence electrons. The molecule has 0 radical (unpaired) electrons. The summed E-state index contributed by atoms with van der Waals surface area (Å²) in [4.78, 5) is 14.8. The van der Waals surface area contributed by atoms with Crippen LogP contribution >= 0.6 is 0 Å². The average Bonchev–Trinajstić information content (AvgIpc) is 3.07. The molecule has 23 heavy (non-hydrogen) atoms. The molecule has 2 saturated heterocycles. The predicted molar refractivity (Wildman–Crippen MR) is 90.5 cm³/mol. The Hall–Kier alpha value is -1.81. The summed E-state index contributed by atoms with van der Waals surface area (Å²) in [5.74, 6) is 0.222. The normalized spacial score (nSPS) is 24.2. The lowest BCUT2D eigenvalue weighted by Gasteiger charge is -2.24. The number of furan rings is 1. The van der Waals surface area contributed by atoms with E-state index in [2.05, 4.69) is 31.3 Å². The first kappa shape index (κ1) is 14.8. The minimum Gasteiger partial charge on any atom is -0.464 e. The van der Waals surface area contributed by atoms with Gasteiger partial charge < -0.3 is 14.6 Å². The van der Waals surface area contributed by atoms with E-state index in [0.29, 0.717) is 18.5 Å².